The van der Waals surface area contributed by atoms with Gasteiger partial charge in [-0.15, -0.1) is 0 Å². The molecule has 0 aliphatic rings. The summed E-state index contributed by atoms with van der Waals surface area (Å²) in [5.41, 5.74) is 1.21. The first-order chi connectivity index (χ1) is 12.4. The number of rotatable bonds is 8. The third kappa shape index (κ3) is 4.51. The van der Waals surface area contributed by atoms with Crippen LogP contribution < -0.4 is 0 Å². The van der Waals surface area contributed by atoms with Crippen LogP contribution in [0.1, 0.15) is 36.1 Å². The molecule has 0 aliphatic heterocycles. The molecule has 2 aromatic carbocycles. The zero-order valence-corrected chi connectivity index (χ0v) is 16.2. The fraction of sp³-hybridized carbons (Fsp3) is 0.409. The van der Waals surface area contributed by atoms with E-state index in [1.807, 2.05) is 50.2 Å². The third-order valence-electron chi connectivity index (χ3n) is 4.66. The highest BCUT2D eigenvalue weighted by Crippen LogP contribution is 2.32. The van der Waals surface area contributed by atoms with Crippen LogP contribution in [0.25, 0.3) is 0 Å². The highest BCUT2D eigenvalue weighted by atomic mass is 16.5. The van der Waals surface area contributed by atoms with Crippen molar-refractivity contribution in [1.82, 2.24) is 4.90 Å². The minimum atomic E-state index is -1.82. The maximum atomic E-state index is 13.0. The van der Waals surface area contributed by atoms with E-state index in [0.717, 1.165) is 24.2 Å². The lowest BCUT2D eigenvalue weighted by molar-refractivity contribution is -0.162. The molecule has 1 atom stereocenters. The number of esters is 1. The number of likely N-dealkylation sites (N-methyl/N-ethyl adjacent to an activating group) is 1. The summed E-state index contributed by atoms with van der Waals surface area (Å²) in [6, 6.07) is 14.7. The summed E-state index contributed by atoms with van der Waals surface area (Å²) in [7, 11) is 0. The molecule has 0 aromatic heterocycles. The normalized spacial score (nSPS) is 13.5. The Morgan fingerprint density at radius 3 is 2.12 bits per heavy atom. The molecule has 4 nitrogen and oxygen atoms in total. The van der Waals surface area contributed by atoms with Gasteiger partial charge >= 0.3 is 5.97 Å². The molecular formula is C22H29NO3. The van der Waals surface area contributed by atoms with Crippen molar-refractivity contribution in [3.8, 4) is 0 Å². The fourth-order valence-corrected chi connectivity index (χ4v) is 3.18. The second kappa shape index (κ2) is 8.97. The average molecular weight is 355 g/mol. The number of hydrogen-bond acceptors (Lipinski definition) is 4. The Hall–Kier alpha value is -2.17. The van der Waals surface area contributed by atoms with Gasteiger partial charge in [-0.3, -0.25) is 0 Å². The Morgan fingerprint density at radius 1 is 1.00 bits per heavy atom. The first kappa shape index (κ1) is 20.1. The molecule has 0 bridgehead atoms. The number of benzene rings is 2. The smallest absolute Gasteiger partial charge is 0.347 e. The van der Waals surface area contributed by atoms with E-state index in [-0.39, 0.29) is 6.61 Å². The Kier molecular flexibility index (Phi) is 6.95. The minimum Gasteiger partial charge on any atom is -0.462 e. The number of aryl methyl sites for hydroxylation is 2. The van der Waals surface area contributed by atoms with Crippen LogP contribution in [0.3, 0.4) is 0 Å². The van der Waals surface area contributed by atoms with Gasteiger partial charge < -0.3 is 14.7 Å². The summed E-state index contributed by atoms with van der Waals surface area (Å²) in [4.78, 5) is 15.1. The van der Waals surface area contributed by atoms with E-state index in [1.54, 1.807) is 12.1 Å². The van der Waals surface area contributed by atoms with Gasteiger partial charge in [-0.25, -0.2) is 4.79 Å². The highest BCUT2D eigenvalue weighted by Gasteiger charge is 2.41. The van der Waals surface area contributed by atoms with Crippen molar-refractivity contribution in [3.63, 3.8) is 0 Å². The van der Waals surface area contributed by atoms with Gasteiger partial charge in [0.15, 0.2) is 0 Å². The Balaban J connectivity index is 2.34. The predicted octanol–water partition coefficient (Wildman–Crippen LogP) is 3.42. The molecule has 0 saturated heterocycles. The van der Waals surface area contributed by atoms with Crippen molar-refractivity contribution < 1.29 is 14.6 Å². The quantitative estimate of drug-likeness (QED) is 0.737. The van der Waals surface area contributed by atoms with E-state index >= 15 is 0 Å². The van der Waals surface area contributed by atoms with Gasteiger partial charge in [-0.05, 0) is 38.1 Å². The lowest BCUT2D eigenvalue weighted by Crippen LogP contribution is -2.40. The molecule has 2 aromatic rings. The fourth-order valence-electron chi connectivity index (χ4n) is 3.18. The summed E-state index contributed by atoms with van der Waals surface area (Å²) >= 11 is 0. The van der Waals surface area contributed by atoms with Gasteiger partial charge in [0, 0.05) is 6.54 Å². The summed E-state index contributed by atoms with van der Waals surface area (Å²) in [6.45, 7) is 10.7. The second-order valence-corrected chi connectivity index (χ2v) is 6.62. The molecule has 26 heavy (non-hydrogen) atoms. The molecule has 0 unspecified atom stereocenters. The standard InChI is InChI=1S/C22H29NO3/c1-5-23(6-2)12-13-26-21(24)22(25,19-10-8-7-9-11-19)20-15-17(3)14-18(4)16-20/h7-11,14-16,25H,5-6,12-13H2,1-4H3/t22-/m1/s1. The topological polar surface area (TPSA) is 49.8 Å². The maximum Gasteiger partial charge on any atom is 0.347 e. The van der Waals surface area contributed by atoms with Crippen molar-refractivity contribution in [3.05, 3.63) is 70.8 Å². The maximum absolute atomic E-state index is 13.0. The predicted molar refractivity (Wildman–Crippen MR) is 104 cm³/mol. The van der Waals surface area contributed by atoms with E-state index in [4.69, 9.17) is 4.74 Å². The molecule has 140 valence electrons. The zero-order valence-electron chi connectivity index (χ0n) is 16.2. The van der Waals surface area contributed by atoms with E-state index in [1.165, 1.54) is 0 Å². The number of ether oxygens (including phenoxy) is 1. The average Bonchev–Trinajstić information content (AvgIpc) is 2.64. The van der Waals surface area contributed by atoms with Crippen molar-refractivity contribution in [2.45, 2.75) is 33.3 Å². The third-order valence-corrected chi connectivity index (χ3v) is 4.66. The Labute approximate surface area is 156 Å². The van der Waals surface area contributed by atoms with Crippen LogP contribution in [-0.2, 0) is 15.1 Å². The van der Waals surface area contributed by atoms with E-state index < -0.39 is 11.6 Å². The van der Waals surface area contributed by atoms with Crippen LogP contribution in [0.15, 0.2) is 48.5 Å². The number of aliphatic hydroxyl groups is 1. The molecule has 4 heteroatoms. The van der Waals surface area contributed by atoms with Gasteiger partial charge in [-0.2, -0.15) is 0 Å². The molecule has 0 radical (unpaired) electrons. The van der Waals surface area contributed by atoms with Crippen LogP contribution in [0, 0.1) is 13.8 Å². The van der Waals surface area contributed by atoms with Crippen LogP contribution in [0.5, 0.6) is 0 Å². The number of carbonyl (C=O) groups excluding carboxylic acids is 1. The second-order valence-electron chi connectivity index (χ2n) is 6.62. The van der Waals surface area contributed by atoms with E-state index in [9.17, 15) is 9.90 Å². The first-order valence-corrected chi connectivity index (χ1v) is 9.18. The number of nitrogens with zero attached hydrogens (tertiary/aromatic N) is 1. The van der Waals surface area contributed by atoms with Crippen LogP contribution >= 0.6 is 0 Å². The molecule has 0 fully saturated rings. The first-order valence-electron chi connectivity index (χ1n) is 9.18. The van der Waals surface area contributed by atoms with Gasteiger partial charge in [0.05, 0.1) is 0 Å². The summed E-state index contributed by atoms with van der Waals surface area (Å²) in [6.07, 6.45) is 0. The van der Waals surface area contributed by atoms with Crippen molar-refractivity contribution >= 4 is 5.97 Å². The molecule has 1 N–H and O–H groups in total. The summed E-state index contributed by atoms with van der Waals surface area (Å²) < 4.78 is 5.50. The zero-order chi connectivity index (χ0) is 19.2. The molecular weight excluding hydrogens is 326 g/mol. The molecule has 0 amide bonds. The van der Waals surface area contributed by atoms with Gasteiger partial charge in [0.1, 0.15) is 6.61 Å². The van der Waals surface area contributed by atoms with Crippen LogP contribution in [0.4, 0.5) is 0 Å². The highest BCUT2D eigenvalue weighted by molar-refractivity contribution is 5.85. The molecule has 0 heterocycles. The van der Waals surface area contributed by atoms with Crippen LogP contribution in [-0.4, -0.2) is 42.2 Å². The SMILES string of the molecule is CCN(CC)CCOC(=O)[C@@](O)(c1ccccc1)c1cc(C)cc(C)c1. The minimum absolute atomic E-state index is 0.250. The van der Waals surface area contributed by atoms with Crippen LogP contribution in [0.2, 0.25) is 0 Å². The lowest BCUT2D eigenvalue weighted by atomic mass is 9.85. The Bertz CT molecular complexity index is 705. The number of carbonyl (C=O) groups is 1. The van der Waals surface area contributed by atoms with Gasteiger partial charge in [-0.1, -0.05) is 73.5 Å². The van der Waals surface area contributed by atoms with Crippen molar-refractivity contribution in [2.75, 3.05) is 26.2 Å². The molecule has 0 saturated carbocycles. The molecule has 0 spiro atoms. The number of hydrogen-bond donors (Lipinski definition) is 1. The van der Waals surface area contributed by atoms with E-state index in [0.29, 0.717) is 17.7 Å². The van der Waals surface area contributed by atoms with E-state index in [2.05, 4.69) is 18.7 Å². The molecule has 2 rings (SSSR count). The van der Waals surface area contributed by atoms with Crippen molar-refractivity contribution in [1.29, 1.82) is 0 Å². The largest absolute Gasteiger partial charge is 0.462 e. The van der Waals surface area contributed by atoms with Gasteiger partial charge in [0.2, 0.25) is 5.60 Å². The summed E-state index contributed by atoms with van der Waals surface area (Å²) in [5.74, 6) is -0.638. The molecule has 0 aliphatic carbocycles. The summed E-state index contributed by atoms with van der Waals surface area (Å²) in [5, 5.41) is 11.5. The van der Waals surface area contributed by atoms with Crippen molar-refractivity contribution in [2.24, 2.45) is 0 Å². The lowest BCUT2D eigenvalue weighted by Gasteiger charge is -2.28. The Morgan fingerprint density at radius 2 is 1.58 bits per heavy atom. The monoisotopic (exact) mass is 355 g/mol. The van der Waals surface area contributed by atoms with Gasteiger partial charge in [0.25, 0.3) is 0 Å².